The molecule has 0 nitrogen and oxygen atoms in total. The van der Waals surface area contributed by atoms with Crippen molar-refractivity contribution < 1.29 is 0 Å². The normalized spacial score (nSPS) is 42.9. The summed E-state index contributed by atoms with van der Waals surface area (Å²) >= 11 is 0. The maximum Gasteiger partial charge on any atom is -0.00879 e. The van der Waals surface area contributed by atoms with Crippen molar-refractivity contribution in [2.75, 3.05) is 0 Å². The van der Waals surface area contributed by atoms with E-state index in [2.05, 4.69) is 26.8 Å². The van der Waals surface area contributed by atoms with Crippen molar-refractivity contribution in [1.29, 1.82) is 0 Å². The Morgan fingerprint density at radius 3 is 2.93 bits per heavy atom. The number of hydrogen-bond acceptors (Lipinski definition) is 0. The van der Waals surface area contributed by atoms with Gasteiger partial charge in [0.05, 0.1) is 0 Å². The molecule has 0 N–H and O–H groups in total. The molecule has 80 valence electrons. The zero-order valence-electron chi connectivity index (χ0n) is 9.97. The van der Waals surface area contributed by atoms with Crippen LogP contribution in [0.1, 0.15) is 59.3 Å². The predicted molar refractivity (Wildman–Crippen MR) is 62.2 cm³/mol. The summed E-state index contributed by atoms with van der Waals surface area (Å²) in [6, 6.07) is 0. The summed E-state index contributed by atoms with van der Waals surface area (Å²) in [5.41, 5.74) is 2.38. The zero-order chi connectivity index (χ0) is 10.2. The second kappa shape index (κ2) is 3.72. The highest BCUT2D eigenvalue weighted by molar-refractivity contribution is 5.21. The van der Waals surface area contributed by atoms with Gasteiger partial charge in [0.2, 0.25) is 0 Å². The number of rotatable bonds is 1. The minimum absolute atomic E-state index is 0.583. The SMILES string of the molecule is CCC1CCC=C2CC(C)CCC21C. The van der Waals surface area contributed by atoms with Gasteiger partial charge in [-0.2, -0.15) is 0 Å². The summed E-state index contributed by atoms with van der Waals surface area (Å²) in [5, 5.41) is 0. The van der Waals surface area contributed by atoms with Gasteiger partial charge in [-0.05, 0) is 49.4 Å². The average Bonchev–Trinajstić information content (AvgIpc) is 2.18. The van der Waals surface area contributed by atoms with E-state index < -0.39 is 0 Å². The van der Waals surface area contributed by atoms with E-state index in [-0.39, 0.29) is 0 Å². The molecular formula is C14H24. The molecule has 1 saturated carbocycles. The third kappa shape index (κ3) is 1.53. The van der Waals surface area contributed by atoms with Gasteiger partial charge >= 0.3 is 0 Å². The molecule has 2 aliphatic carbocycles. The molecule has 0 bridgehead atoms. The van der Waals surface area contributed by atoms with Crippen LogP contribution in [0, 0.1) is 17.3 Å². The molecule has 0 heteroatoms. The highest BCUT2D eigenvalue weighted by Gasteiger charge is 2.40. The largest absolute Gasteiger partial charge is 0.0847 e. The molecule has 2 aliphatic rings. The van der Waals surface area contributed by atoms with E-state index in [0.29, 0.717) is 5.41 Å². The minimum atomic E-state index is 0.583. The van der Waals surface area contributed by atoms with Crippen molar-refractivity contribution >= 4 is 0 Å². The zero-order valence-corrected chi connectivity index (χ0v) is 9.97. The molecule has 0 saturated heterocycles. The monoisotopic (exact) mass is 192 g/mol. The number of hydrogen-bond donors (Lipinski definition) is 0. The molecule has 2 rings (SSSR count). The summed E-state index contributed by atoms with van der Waals surface area (Å²) in [5.74, 6) is 1.90. The molecule has 0 heterocycles. The van der Waals surface area contributed by atoms with Gasteiger partial charge in [-0.3, -0.25) is 0 Å². The number of fused-ring (bicyclic) bond motifs is 1. The molecular weight excluding hydrogens is 168 g/mol. The van der Waals surface area contributed by atoms with Crippen LogP contribution in [-0.4, -0.2) is 0 Å². The Balaban J connectivity index is 2.23. The first-order chi connectivity index (χ1) is 6.66. The summed E-state index contributed by atoms with van der Waals surface area (Å²) in [7, 11) is 0. The quantitative estimate of drug-likeness (QED) is 0.534. The Bertz CT molecular complexity index is 238. The Labute approximate surface area is 88.8 Å². The van der Waals surface area contributed by atoms with Crippen LogP contribution >= 0.6 is 0 Å². The van der Waals surface area contributed by atoms with E-state index in [9.17, 15) is 0 Å². The van der Waals surface area contributed by atoms with Gasteiger partial charge in [-0.25, -0.2) is 0 Å². The fourth-order valence-corrected chi connectivity index (χ4v) is 3.63. The van der Waals surface area contributed by atoms with Gasteiger partial charge in [0.15, 0.2) is 0 Å². The van der Waals surface area contributed by atoms with E-state index in [1.807, 2.05) is 0 Å². The van der Waals surface area contributed by atoms with Gasteiger partial charge in [0.25, 0.3) is 0 Å². The number of allylic oxidation sites excluding steroid dienone is 2. The Morgan fingerprint density at radius 1 is 1.43 bits per heavy atom. The molecule has 0 aromatic carbocycles. The average molecular weight is 192 g/mol. The Kier molecular flexibility index (Phi) is 2.72. The molecule has 3 atom stereocenters. The molecule has 0 aromatic heterocycles. The summed E-state index contributed by atoms with van der Waals surface area (Å²) in [6.07, 6.45) is 11.0. The molecule has 3 unspecified atom stereocenters. The lowest BCUT2D eigenvalue weighted by atomic mass is 9.58. The van der Waals surface area contributed by atoms with Crippen molar-refractivity contribution in [2.45, 2.75) is 59.3 Å². The van der Waals surface area contributed by atoms with Crippen LogP contribution < -0.4 is 0 Å². The van der Waals surface area contributed by atoms with E-state index >= 15 is 0 Å². The maximum atomic E-state index is 2.56. The first-order valence-electron chi connectivity index (χ1n) is 6.36. The topological polar surface area (TPSA) is 0 Å². The van der Waals surface area contributed by atoms with Crippen LogP contribution in [0.5, 0.6) is 0 Å². The van der Waals surface area contributed by atoms with Crippen molar-refractivity contribution in [3.8, 4) is 0 Å². The van der Waals surface area contributed by atoms with Gasteiger partial charge in [-0.1, -0.05) is 38.8 Å². The molecule has 0 spiro atoms. The summed E-state index contributed by atoms with van der Waals surface area (Å²) in [6.45, 7) is 7.31. The lowest BCUT2D eigenvalue weighted by molar-refractivity contribution is 0.140. The van der Waals surface area contributed by atoms with Gasteiger partial charge in [0.1, 0.15) is 0 Å². The molecule has 0 radical (unpaired) electrons. The second-order valence-electron chi connectivity index (χ2n) is 5.68. The van der Waals surface area contributed by atoms with Crippen molar-refractivity contribution in [1.82, 2.24) is 0 Å². The van der Waals surface area contributed by atoms with Gasteiger partial charge in [-0.15, -0.1) is 0 Å². The Morgan fingerprint density at radius 2 is 2.21 bits per heavy atom. The van der Waals surface area contributed by atoms with Crippen LogP contribution in [0.4, 0.5) is 0 Å². The smallest absolute Gasteiger partial charge is 0.00879 e. The predicted octanol–water partition coefficient (Wildman–Crippen LogP) is 4.56. The summed E-state index contributed by atoms with van der Waals surface area (Å²) < 4.78 is 0. The standard InChI is InChI=1S/C14H24/c1-4-12-6-5-7-13-10-11(2)8-9-14(12,13)3/h7,11-12H,4-6,8-10H2,1-3H3. The fraction of sp³-hybridized carbons (Fsp3) is 0.857. The van der Waals surface area contributed by atoms with Gasteiger partial charge in [0, 0.05) is 0 Å². The highest BCUT2D eigenvalue weighted by Crippen LogP contribution is 2.52. The highest BCUT2D eigenvalue weighted by atomic mass is 14.5. The lowest BCUT2D eigenvalue weighted by Crippen LogP contribution is -2.36. The first-order valence-corrected chi connectivity index (χ1v) is 6.36. The molecule has 1 fully saturated rings. The van der Waals surface area contributed by atoms with E-state index in [4.69, 9.17) is 0 Å². The molecule has 14 heavy (non-hydrogen) atoms. The van der Waals surface area contributed by atoms with E-state index in [1.54, 1.807) is 5.57 Å². The first kappa shape index (κ1) is 10.3. The van der Waals surface area contributed by atoms with Gasteiger partial charge < -0.3 is 0 Å². The third-order valence-electron chi connectivity index (χ3n) is 4.76. The van der Waals surface area contributed by atoms with Crippen LogP contribution in [0.2, 0.25) is 0 Å². The van der Waals surface area contributed by atoms with Crippen LogP contribution in [0.25, 0.3) is 0 Å². The second-order valence-corrected chi connectivity index (χ2v) is 5.68. The summed E-state index contributed by atoms with van der Waals surface area (Å²) in [4.78, 5) is 0. The third-order valence-corrected chi connectivity index (χ3v) is 4.76. The molecule has 0 amide bonds. The van der Waals surface area contributed by atoms with E-state index in [1.165, 1.54) is 38.5 Å². The van der Waals surface area contributed by atoms with Crippen LogP contribution in [0.3, 0.4) is 0 Å². The van der Waals surface area contributed by atoms with Crippen LogP contribution in [-0.2, 0) is 0 Å². The van der Waals surface area contributed by atoms with Crippen molar-refractivity contribution in [2.24, 2.45) is 17.3 Å². The van der Waals surface area contributed by atoms with Crippen LogP contribution in [0.15, 0.2) is 11.6 Å². The van der Waals surface area contributed by atoms with Crippen molar-refractivity contribution in [3.63, 3.8) is 0 Å². The molecule has 0 aromatic rings. The minimum Gasteiger partial charge on any atom is -0.0847 e. The van der Waals surface area contributed by atoms with Crippen molar-refractivity contribution in [3.05, 3.63) is 11.6 Å². The Hall–Kier alpha value is -0.260. The molecule has 0 aliphatic heterocycles. The maximum absolute atomic E-state index is 2.56. The van der Waals surface area contributed by atoms with E-state index in [0.717, 1.165) is 11.8 Å². The lowest BCUT2D eigenvalue weighted by Gasteiger charge is -2.47. The fourth-order valence-electron chi connectivity index (χ4n) is 3.63.